The molecule has 1 N–H and O–H groups in total. The van der Waals surface area contributed by atoms with E-state index in [-0.39, 0.29) is 5.41 Å². The van der Waals surface area contributed by atoms with Crippen LogP contribution in [0.5, 0.6) is 0 Å². The first-order chi connectivity index (χ1) is 10.5. The topological polar surface area (TPSA) is 49.7 Å². The molecular weight excluding hydrogens is 274 g/mol. The number of Topliss-reactive ketones (excluding diaryl/α,β-unsaturated/α-hetero) is 1. The molecule has 0 bridgehead atoms. The summed E-state index contributed by atoms with van der Waals surface area (Å²) in [7, 11) is 0. The SMILES string of the molecule is C[C@]12CCCCC1C/C(=N\O)[C@@H]1[C@H]2CC[C@]2(C)C(=O)CC[C@@H]12. The largest absolute Gasteiger partial charge is 0.411 e. The van der Waals surface area contributed by atoms with Crippen LogP contribution in [0.1, 0.15) is 71.6 Å². The maximum Gasteiger partial charge on any atom is 0.139 e. The van der Waals surface area contributed by atoms with Crippen molar-refractivity contribution in [3.63, 3.8) is 0 Å². The number of carbonyl (C=O) groups excluding carboxylic acids is 1. The van der Waals surface area contributed by atoms with Gasteiger partial charge in [-0.15, -0.1) is 0 Å². The Balaban J connectivity index is 1.75. The zero-order valence-corrected chi connectivity index (χ0v) is 14.0. The van der Waals surface area contributed by atoms with E-state index >= 15 is 0 Å². The van der Waals surface area contributed by atoms with Crippen molar-refractivity contribution in [2.75, 3.05) is 0 Å². The van der Waals surface area contributed by atoms with E-state index in [1.54, 1.807) is 0 Å². The summed E-state index contributed by atoms with van der Waals surface area (Å²) in [5.41, 5.74) is 1.29. The number of hydrogen-bond acceptors (Lipinski definition) is 3. The summed E-state index contributed by atoms with van der Waals surface area (Å²) in [6, 6.07) is 0. The lowest BCUT2D eigenvalue weighted by atomic mass is 9.45. The molecule has 0 amide bonds. The summed E-state index contributed by atoms with van der Waals surface area (Å²) < 4.78 is 0. The smallest absolute Gasteiger partial charge is 0.139 e. The predicted octanol–water partition coefficient (Wildman–Crippen LogP) is 4.43. The maximum atomic E-state index is 12.5. The van der Waals surface area contributed by atoms with E-state index in [2.05, 4.69) is 19.0 Å². The van der Waals surface area contributed by atoms with Crippen molar-refractivity contribution in [3.8, 4) is 0 Å². The van der Waals surface area contributed by atoms with Gasteiger partial charge in [-0.2, -0.15) is 0 Å². The van der Waals surface area contributed by atoms with Gasteiger partial charge in [0.1, 0.15) is 5.78 Å². The van der Waals surface area contributed by atoms with Crippen LogP contribution in [-0.2, 0) is 4.79 Å². The average Bonchev–Trinajstić information content (AvgIpc) is 2.82. The third kappa shape index (κ3) is 1.74. The average molecular weight is 303 g/mol. The van der Waals surface area contributed by atoms with Crippen molar-refractivity contribution < 1.29 is 10.0 Å². The van der Waals surface area contributed by atoms with Gasteiger partial charge in [-0.3, -0.25) is 4.79 Å². The number of nitrogens with zero attached hydrogens (tertiary/aromatic N) is 1. The first-order valence-electron chi connectivity index (χ1n) is 9.25. The first kappa shape index (κ1) is 14.7. The summed E-state index contributed by atoms with van der Waals surface area (Å²) in [4.78, 5) is 12.5. The van der Waals surface area contributed by atoms with Gasteiger partial charge in [-0.25, -0.2) is 0 Å². The Kier molecular flexibility index (Phi) is 3.22. The van der Waals surface area contributed by atoms with Gasteiger partial charge in [0.2, 0.25) is 0 Å². The molecule has 0 radical (unpaired) electrons. The van der Waals surface area contributed by atoms with E-state index < -0.39 is 0 Å². The number of carbonyl (C=O) groups is 1. The normalized spacial score (nSPS) is 53.0. The third-order valence-electron chi connectivity index (χ3n) is 8.25. The molecule has 4 rings (SSSR count). The summed E-state index contributed by atoms with van der Waals surface area (Å²) in [6.45, 7) is 4.69. The fourth-order valence-electron chi connectivity index (χ4n) is 6.87. The molecular formula is C19H29NO2. The van der Waals surface area contributed by atoms with Crippen LogP contribution >= 0.6 is 0 Å². The zero-order valence-electron chi connectivity index (χ0n) is 14.0. The minimum atomic E-state index is -0.144. The molecule has 3 heteroatoms. The van der Waals surface area contributed by atoms with Crippen LogP contribution < -0.4 is 0 Å². The number of rotatable bonds is 0. The van der Waals surface area contributed by atoms with E-state index in [1.807, 2.05) is 0 Å². The summed E-state index contributed by atoms with van der Waals surface area (Å²) >= 11 is 0. The molecule has 0 saturated heterocycles. The fraction of sp³-hybridized carbons (Fsp3) is 0.895. The predicted molar refractivity (Wildman–Crippen MR) is 86.0 cm³/mol. The molecule has 4 saturated carbocycles. The molecule has 4 fully saturated rings. The van der Waals surface area contributed by atoms with Crippen molar-refractivity contribution in [1.29, 1.82) is 0 Å². The molecule has 6 atom stereocenters. The number of fused-ring (bicyclic) bond motifs is 5. The quantitative estimate of drug-likeness (QED) is 0.531. The van der Waals surface area contributed by atoms with E-state index in [4.69, 9.17) is 0 Å². The van der Waals surface area contributed by atoms with Crippen LogP contribution in [0, 0.1) is 34.5 Å². The molecule has 22 heavy (non-hydrogen) atoms. The van der Waals surface area contributed by atoms with Gasteiger partial charge in [0.25, 0.3) is 0 Å². The molecule has 122 valence electrons. The summed E-state index contributed by atoms with van der Waals surface area (Å²) in [5, 5.41) is 13.5. The maximum absolute atomic E-state index is 12.5. The third-order valence-corrected chi connectivity index (χ3v) is 8.25. The molecule has 4 aliphatic carbocycles. The lowest BCUT2D eigenvalue weighted by molar-refractivity contribution is -0.132. The van der Waals surface area contributed by atoms with Crippen LogP contribution in [0.2, 0.25) is 0 Å². The minimum Gasteiger partial charge on any atom is -0.411 e. The number of ketones is 1. The monoisotopic (exact) mass is 303 g/mol. The summed E-state index contributed by atoms with van der Waals surface area (Å²) in [6.07, 6.45) is 10.2. The van der Waals surface area contributed by atoms with Gasteiger partial charge in [0.15, 0.2) is 0 Å². The molecule has 0 aromatic carbocycles. The standard InChI is InChI=1S/C19H29NO2/c1-18-9-4-3-5-12(18)11-15(20-22)17-13-6-7-16(21)19(13,2)10-8-14(17)18/h12-14,17,22H,3-11H2,1-2H3/b20-15+/t12?,13-,14+,17-,18-,19-/m0/s1. The Bertz CT molecular complexity index is 528. The van der Waals surface area contributed by atoms with E-state index in [1.165, 1.54) is 25.7 Å². The molecule has 0 aromatic heterocycles. The lowest BCUT2D eigenvalue weighted by Crippen LogP contribution is -2.56. The lowest BCUT2D eigenvalue weighted by Gasteiger charge is -2.59. The van der Waals surface area contributed by atoms with Crippen molar-refractivity contribution in [2.24, 2.45) is 39.7 Å². The fourth-order valence-corrected chi connectivity index (χ4v) is 6.87. The van der Waals surface area contributed by atoms with Gasteiger partial charge in [0, 0.05) is 17.8 Å². The van der Waals surface area contributed by atoms with Crippen LogP contribution in [-0.4, -0.2) is 16.7 Å². The highest BCUT2D eigenvalue weighted by molar-refractivity contribution is 5.92. The Morgan fingerprint density at radius 1 is 1.09 bits per heavy atom. The van der Waals surface area contributed by atoms with Gasteiger partial charge < -0.3 is 5.21 Å². The molecule has 0 aliphatic heterocycles. The highest BCUT2D eigenvalue weighted by Gasteiger charge is 2.61. The van der Waals surface area contributed by atoms with Crippen molar-refractivity contribution in [3.05, 3.63) is 0 Å². The molecule has 0 aromatic rings. The van der Waals surface area contributed by atoms with Crippen molar-refractivity contribution >= 4 is 11.5 Å². The molecule has 0 spiro atoms. The first-order valence-corrected chi connectivity index (χ1v) is 9.25. The Morgan fingerprint density at radius 3 is 2.68 bits per heavy atom. The van der Waals surface area contributed by atoms with Crippen LogP contribution in [0.3, 0.4) is 0 Å². The second kappa shape index (κ2) is 4.82. The molecule has 0 heterocycles. The molecule has 3 nitrogen and oxygen atoms in total. The number of hydrogen-bond donors (Lipinski definition) is 1. The zero-order chi connectivity index (χ0) is 15.5. The van der Waals surface area contributed by atoms with Crippen molar-refractivity contribution in [2.45, 2.75) is 71.6 Å². The van der Waals surface area contributed by atoms with Gasteiger partial charge in [-0.1, -0.05) is 31.8 Å². The van der Waals surface area contributed by atoms with Crippen LogP contribution in [0.4, 0.5) is 0 Å². The van der Waals surface area contributed by atoms with Crippen LogP contribution in [0.15, 0.2) is 5.16 Å². The van der Waals surface area contributed by atoms with Gasteiger partial charge in [0.05, 0.1) is 5.71 Å². The van der Waals surface area contributed by atoms with Gasteiger partial charge in [-0.05, 0) is 61.7 Å². The Labute approximate surface area is 133 Å². The Hall–Kier alpha value is -0.860. The van der Waals surface area contributed by atoms with E-state index in [0.717, 1.165) is 37.8 Å². The highest BCUT2D eigenvalue weighted by Crippen LogP contribution is 2.64. The van der Waals surface area contributed by atoms with E-state index in [0.29, 0.717) is 34.9 Å². The van der Waals surface area contributed by atoms with E-state index in [9.17, 15) is 10.0 Å². The van der Waals surface area contributed by atoms with Gasteiger partial charge >= 0.3 is 0 Å². The molecule has 4 aliphatic rings. The van der Waals surface area contributed by atoms with Crippen LogP contribution in [0.25, 0.3) is 0 Å². The molecule has 1 unspecified atom stereocenters. The second-order valence-electron chi connectivity index (χ2n) is 8.90. The second-order valence-corrected chi connectivity index (χ2v) is 8.90. The van der Waals surface area contributed by atoms with Crippen molar-refractivity contribution in [1.82, 2.24) is 0 Å². The minimum absolute atomic E-state index is 0.144. The highest BCUT2D eigenvalue weighted by atomic mass is 16.4. The summed E-state index contributed by atoms with van der Waals surface area (Å²) in [5.74, 6) is 2.55. The number of oxime groups is 1. The Morgan fingerprint density at radius 2 is 1.91 bits per heavy atom.